The van der Waals surface area contributed by atoms with Gasteiger partial charge in [0.1, 0.15) is 5.82 Å². The monoisotopic (exact) mass is 316 g/mol. The SMILES string of the molecule is c1ccc(C(CNc2ccc3nnnn3n2)c2ccccc2)cc1. The molecule has 0 atom stereocenters. The van der Waals surface area contributed by atoms with Gasteiger partial charge in [-0.1, -0.05) is 60.7 Å². The van der Waals surface area contributed by atoms with Crippen LogP contribution in [0.15, 0.2) is 72.8 Å². The van der Waals surface area contributed by atoms with E-state index in [1.54, 1.807) is 0 Å². The summed E-state index contributed by atoms with van der Waals surface area (Å²) in [6.45, 7) is 0.731. The van der Waals surface area contributed by atoms with E-state index in [1.807, 2.05) is 24.3 Å². The van der Waals surface area contributed by atoms with Crippen molar-refractivity contribution in [1.29, 1.82) is 0 Å². The number of rotatable bonds is 5. The standard InChI is InChI=1S/C18H16N6/c1-3-7-14(8-4-1)16(15-9-5-2-6-10-15)13-19-17-11-12-18-20-22-23-24(18)21-17/h1-12,16H,13H2,(H,19,21). The molecule has 0 aliphatic heterocycles. The second-order valence-corrected chi connectivity index (χ2v) is 5.50. The van der Waals surface area contributed by atoms with Crippen molar-refractivity contribution in [3.05, 3.63) is 83.9 Å². The molecule has 4 aromatic rings. The van der Waals surface area contributed by atoms with E-state index in [0.29, 0.717) is 5.65 Å². The van der Waals surface area contributed by atoms with Crippen LogP contribution in [0.25, 0.3) is 5.65 Å². The Morgan fingerprint density at radius 3 is 2.17 bits per heavy atom. The fourth-order valence-corrected chi connectivity index (χ4v) is 2.75. The molecule has 0 fully saturated rings. The lowest BCUT2D eigenvalue weighted by atomic mass is 9.91. The summed E-state index contributed by atoms with van der Waals surface area (Å²) in [5.41, 5.74) is 3.16. The molecule has 6 nitrogen and oxygen atoms in total. The summed E-state index contributed by atoms with van der Waals surface area (Å²) in [4.78, 5) is 0. The predicted molar refractivity (Wildman–Crippen MR) is 91.8 cm³/mol. The first-order chi connectivity index (χ1) is 11.9. The molecule has 118 valence electrons. The number of hydrogen-bond acceptors (Lipinski definition) is 5. The minimum atomic E-state index is 0.235. The molecule has 4 rings (SSSR count). The van der Waals surface area contributed by atoms with Gasteiger partial charge in [0.15, 0.2) is 5.65 Å². The van der Waals surface area contributed by atoms with Gasteiger partial charge in [0.05, 0.1) is 0 Å². The molecule has 0 radical (unpaired) electrons. The van der Waals surface area contributed by atoms with Crippen molar-refractivity contribution >= 4 is 11.5 Å². The van der Waals surface area contributed by atoms with Crippen molar-refractivity contribution < 1.29 is 0 Å². The Bertz CT molecular complexity index is 880. The highest BCUT2D eigenvalue weighted by atomic mass is 15.6. The van der Waals surface area contributed by atoms with Gasteiger partial charge in [-0.05, 0) is 33.7 Å². The molecule has 0 unspecified atom stereocenters. The van der Waals surface area contributed by atoms with E-state index >= 15 is 0 Å². The zero-order valence-electron chi connectivity index (χ0n) is 12.9. The fourth-order valence-electron chi connectivity index (χ4n) is 2.75. The molecule has 0 aliphatic rings. The number of benzene rings is 2. The molecule has 0 bridgehead atoms. The van der Waals surface area contributed by atoms with Crippen LogP contribution in [0.1, 0.15) is 17.0 Å². The van der Waals surface area contributed by atoms with Gasteiger partial charge in [-0.2, -0.15) is 0 Å². The molecule has 2 aromatic heterocycles. The zero-order valence-corrected chi connectivity index (χ0v) is 12.9. The first-order valence-electron chi connectivity index (χ1n) is 7.79. The van der Waals surface area contributed by atoms with Crippen LogP contribution in [-0.2, 0) is 0 Å². The van der Waals surface area contributed by atoms with Crippen LogP contribution in [0, 0.1) is 0 Å². The van der Waals surface area contributed by atoms with Crippen molar-refractivity contribution in [3.63, 3.8) is 0 Å². The quantitative estimate of drug-likeness (QED) is 0.613. The van der Waals surface area contributed by atoms with Crippen LogP contribution >= 0.6 is 0 Å². The molecule has 0 saturated carbocycles. The average Bonchev–Trinajstić information content (AvgIpc) is 3.11. The Balaban J connectivity index is 1.60. The van der Waals surface area contributed by atoms with Gasteiger partial charge in [-0.3, -0.25) is 0 Å². The summed E-state index contributed by atoms with van der Waals surface area (Å²) < 4.78 is 1.42. The second kappa shape index (κ2) is 6.45. The van der Waals surface area contributed by atoms with Gasteiger partial charge >= 0.3 is 0 Å². The third-order valence-electron chi connectivity index (χ3n) is 3.96. The van der Waals surface area contributed by atoms with Crippen LogP contribution in [0.3, 0.4) is 0 Å². The smallest absolute Gasteiger partial charge is 0.200 e. The maximum Gasteiger partial charge on any atom is 0.200 e. The first-order valence-corrected chi connectivity index (χ1v) is 7.79. The average molecular weight is 316 g/mol. The second-order valence-electron chi connectivity index (χ2n) is 5.50. The third-order valence-corrected chi connectivity index (χ3v) is 3.96. The molecule has 0 saturated heterocycles. The van der Waals surface area contributed by atoms with Crippen LogP contribution in [0.4, 0.5) is 5.82 Å². The molecule has 6 heteroatoms. The highest BCUT2D eigenvalue weighted by Gasteiger charge is 2.14. The van der Waals surface area contributed by atoms with E-state index in [2.05, 4.69) is 74.5 Å². The maximum absolute atomic E-state index is 4.36. The third kappa shape index (κ3) is 2.94. The van der Waals surface area contributed by atoms with Gasteiger partial charge in [0.25, 0.3) is 0 Å². The molecule has 1 N–H and O–H groups in total. The van der Waals surface area contributed by atoms with Gasteiger partial charge in [-0.25, -0.2) is 0 Å². The van der Waals surface area contributed by atoms with E-state index in [4.69, 9.17) is 0 Å². The number of nitrogens with one attached hydrogen (secondary N) is 1. The number of hydrogen-bond donors (Lipinski definition) is 1. The normalized spacial score (nSPS) is 11.0. The van der Waals surface area contributed by atoms with Crippen molar-refractivity contribution in [2.24, 2.45) is 0 Å². The lowest BCUT2D eigenvalue weighted by molar-refractivity contribution is 0.731. The minimum absolute atomic E-state index is 0.235. The summed E-state index contributed by atoms with van der Waals surface area (Å²) in [6, 6.07) is 24.7. The van der Waals surface area contributed by atoms with E-state index in [-0.39, 0.29) is 5.92 Å². The molecule has 0 amide bonds. The lowest BCUT2D eigenvalue weighted by Crippen LogP contribution is -2.15. The first kappa shape index (κ1) is 14.3. The van der Waals surface area contributed by atoms with E-state index in [9.17, 15) is 0 Å². The van der Waals surface area contributed by atoms with E-state index < -0.39 is 0 Å². The zero-order chi connectivity index (χ0) is 16.2. The van der Waals surface area contributed by atoms with Crippen molar-refractivity contribution in [1.82, 2.24) is 25.3 Å². The summed E-state index contributed by atoms with van der Waals surface area (Å²) in [6.07, 6.45) is 0. The lowest BCUT2D eigenvalue weighted by Gasteiger charge is -2.19. The molecule has 2 heterocycles. The van der Waals surface area contributed by atoms with Crippen LogP contribution in [0.5, 0.6) is 0 Å². The van der Waals surface area contributed by atoms with Gasteiger partial charge in [-0.15, -0.1) is 14.8 Å². The summed E-state index contributed by atoms with van der Waals surface area (Å²) >= 11 is 0. The molecular weight excluding hydrogens is 300 g/mol. The Hall–Kier alpha value is -3.28. The summed E-state index contributed by atoms with van der Waals surface area (Å²) in [5.74, 6) is 0.977. The molecule has 2 aromatic carbocycles. The summed E-state index contributed by atoms with van der Waals surface area (Å²) in [5, 5.41) is 19.1. The molecule has 0 aliphatic carbocycles. The number of fused-ring (bicyclic) bond motifs is 1. The predicted octanol–water partition coefficient (Wildman–Crippen LogP) is 2.76. The van der Waals surface area contributed by atoms with Gasteiger partial charge in [0, 0.05) is 12.5 Å². The Morgan fingerprint density at radius 1 is 0.833 bits per heavy atom. The Labute approximate surface area is 139 Å². The number of nitrogens with zero attached hydrogens (tertiary/aromatic N) is 5. The number of aromatic nitrogens is 5. The maximum atomic E-state index is 4.36. The van der Waals surface area contributed by atoms with Gasteiger partial charge in [0.2, 0.25) is 0 Å². The van der Waals surface area contributed by atoms with Crippen LogP contribution in [-0.4, -0.2) is 31.8 Å². The minimum Gasteiger partial charge on any atom is -0.368 e. The fraction of sp³-hybridized carbons (Fsp3) is 0.111. The van der Waals surface area contributed by atoms with E-state index in [0.717, 1.165) is 12.4 Å². The van der Waals surface area contributed by atoms with Crippen molar-refractivity contribution in [2.45, 2.75) is 5.92 Å². The van der Waals surface area contributed by atoms with Crippen molar-refractivity contribution in [3.8, 4) is 0 Å². The van der Waals surface area contributed by atoms with Crippen LogP contribution in [0.2, 0.25) is 0 Å². The van der Waals surface area contributed by atoms with Gasteiger partial charge < -0.3 is 5.32 Å². The Morgan fingerprint density at radius 2 is 1.50 bits per heavy atom. The molecular formula is C18H16N6. The molecule has 0 spiro atoms. The topological polar surface area (TPSA) is 68.0 Å². The summed E-state index contributed by atoms with van der Waals surface area (Å²) in [7, 11) is 0. The Kier molecular flexibility index (Phi) is 3.85. The highest BCUT2D eigenvalue weighted by molar-refractivity contribution is 5.43. The van der Waals surface area contributed by atoms with Crippen LogP contribution < -0.4 is 5.32 Å². The number of anilines is 1. The molecule has 24 heavy (non-hydrogen) atoms. The highest BCUT2D eigenvalue weighted by Crippen LogP contribution is 2.24. The van der Waals surface area contributed by atoms with E-state index in [1.165, 1.54) is 15.8 Å². The number of tetrazole rings is 1. The largest absolute Gasteiger partial charge is 0.368 e. The van der Waals surface area contributed by atoms with Crippen molar-refractivity contribution in [2.75, 3.05) is 11.9 Å².